The van der Waals surface area contributed by atoms with Crippen LogP contribution < -0.4 is 4.90 Å². The number of benzene rings is 2. The van der Waals surface area contributed by atoms with E-state index in [-0.39, 0.29) is 5.82 Å². The highest BCUT2D eigenvalue weighted by atomic mass is 19.1. The van der Waals surface area contributed by atoms with Crippen LogP contribution in [0.25, 0.3) is 0 Å². The summed E-state index contributed by atoms with van der Waals surface area (Å²) in [5, 5.41) is 9.45. The zero-order valence-corrected chi connectivity index (χ0v) is 10.5. The molecule has 0 aliphatic rings. The van der Waals surface area contributed by atoms with Gasteiger partial charge in [0.2, 0.25) is 0 Å². The van der Waals surface area contributed by atoms with Crippen LogP contribution in [0.15, 0.2) is 48.5 Å². The number of hydrogen-bond donors (Lipinski definition) is 1. The molecule has 0 bridgehead atoms. The van der Waals surface area contributed by atoms with Crippen LogP contribution in [0, 0.1) is 5.82 Å². The van der Waals surface area contributed by atoms with E-state index in [1.54, 1.807) is 19.1 Å². The maximum atomic E-state index is 12.8. The summed E-state index contributed by atoms with van der Waals surface area (Å²) in [6, 6.07) is 14.0. The van der Waals surface area contributed by atoms with Crippen LogP contribution in [-0.4, -0.2) is 12.2 Å². The zero-order valence-electron chi connectivity index (χ0n) is 10.5. The molecule has 0 aromatic heterocycles. The molecule has 0 spiro atoms. The summed E-state index contributed by atoms with van der Waals surface area (Å²) >= 11 is 0. The lowest BCUT2D eigenvalue weighted by Gasteiger charge is -2.20. The molecule has 2 aromatic rings. The highest BCUT2D eigenvalue weighted by molar-refractivity contribution is 5.62. The second-order valence-corrected chi connectivity index (χ2v) is 4.30. The lowest BCUT2D eigenvalue weighted by Crippen LogP contribution is -2.09. The van der Waals surface area contributed by atoms with Gasteiger partial charge in [0.1, 0.15) is 5.82 Å². The van der Waals surface area contributed by atoms with Crippen LogP contribution in [0.5, 0.6) is 0 Å². The van der Waals surface area contributed by atoms with Gasteiger partial charge in [0, 0.05) is 18.4 Å². The van der Waals surface area contributed by atoms with Crippen molar-refractivity contribution in [2.45, 2.75) is 13.0 Å². The van der Waals surface area contributed by atoms with Crippen molar-refractivity contribution in [3.05, 3.63) is 59.9 Å². The fraction of sp³-hybridized carbons (Fsp3) is 0.200. The van der Waals surface area contributed by atoms with Gasteiger partial charge in [-0.05, 0) is 48.9 Å². The predicted octanol–water partition coefficient (Wildman–Crippen LogP) is 3.65. The van der Waals surface area contributed by atoms with E-state index in [2.05, 4.69) is 0 Å². The molecule has 0 saturated carbocycles. The van der Waals surface area contributed by atoms with Crippen LogP contribution in [0.2, 0.25) is 0 Å². The van der Waals surface area contributed by atoms with Crippen LogP contribution in [0.3, 0.4) is 0 Å². The van der Waals surface area contributed by atoms with Gasteiger partial charge in [-0.15, -0.1) is 0 Å². The van der Waals surface area contributed by atoms with E-state index in [0.717, 1.165) is 16.9 Å². The monoisotopic (exact) mass is 245 g/mol. The average molecular weight is 245 g/mol. The van der Waals surface area contributed by atoms with Crippen molar-refractivity contribution < 1.29 is 9.50 Å². The lowest BCUT2D eigenvalue weighted by molar-refractivity contribution is 0.199. The molecule has 1 N–H and O–H groups in total. The molecule has 1 atom stereocenters. The first-order valence-electron chi connectivity index (χ1n) is 5.85. The van der Waals surface area contributed by atoms with Crippen molar-refractivity contribution >= 4 is 11.4 Å². The molecular weight excluding hydrogens is 229 g/mol. The molecule has 0 radical (unpaired) electrons. The first-order valence-corrected chi connectivity index (χ1v) is 5.85. The zero-order chi connectivity index (χ0) is 13.1. The second-order valence-electron chi connectivity index (χ2n) is 4.30. The predicted molar refractivity (Wildman–Crippen MR) is 71.5 cm³/mol. The Morgan fingerprint density at radius 2 is 1.39 bits per heavy atom. The average Bonchev–Trinajstić information content (AvgIpc) is 2.39. The Balaban J connectivity index is 2.23. The van der Waals surface area contributed by atoms with Gasteiger partial charge >= 0.3 is 0 Å². The minimum atomic E-state index is -0.463. The number of aliphatic hydroxyl groups excluding tert-OH is 1. The Morgan fingerprint density at radius 1 is 0.944 bits per heavy atom. The smallest absolute Gasteiger partial charge is 0.123 e. The number of rotatable bonds is 3. The molecule has 0 aliphatic carbocycles. The van der Waals surface area contributed by atoms with Gasteiger partial charge in [-0.3, -0.25) is 0 Å². The largest absolute Gasteiger partial charge is 0.389 e. The maximum Gasteiger partial charge on any atom is 0.123 e. The number of halogens is 1. The fourth-order valence-electron chi connectivity index (χ4n) is 1.79. The molecule has 0 saturated heterocycles. The fourth-order valence-corrected chi connectivity index (χ4v) is 1.79. The molecule has 2 nitrogen and oxygen atoms in total. The van der Waals surface area contributed by atoms with Gasteiger partial charge in [0.05, 0.1) is 6.10 Å². The lowest BCUT2D eigenvalue weighted by atomic mass is 10.1. The van der Waals surface area contributed by atoms with Crippen molar-refractivity contribution in [3.8, 4) is 0 Å². The van der Waals surface area contributed by atoms with Crippen molar-refractivity contribution in [3.63, 3.8) is 0 Å². The van der Waals surface area contributed by atoms with Crippen LogP contribution in [0.4, 0.5) is 15.8 Å². The Kier molecular flexibility index (Phi) is 3.63. The van der Waals surface area contributed by atoms with Crippen LogP contribution >= 0.6 is 0 Å². The Labute approximate surface area is 106 Å². The second kappa shape index (κ2) is 5.19. The molecule has 0 fully saturated rings. The molecule has 0 unspecified atom stereocenters. The molecule has 2 rings (SSSR count). The maximum absolute atomic E-state index is 12.8. The van der Waals surface area contributed by atoms with E-state index < -0.39 is 6.10 Å². The minimum absolute atomic E-state index is 0.239. The topological polar surface area (TPSA) is 23.5 Å². The molecular formula is C15H16FNO. The molecule has 2 aromatic carbocycles. The molecule has 94 valence electrons. The van der Waals surface area contributed by atoms with Crippen LogP contribution in [0.1, 0.15) is 18.6 Å². The van der Waals surface area contributed by atoms with Crippen LogP contribution in [-0.2, 0) is 0 Å². The molecule has 0 aliphatic heterocycles. The van der Waals surface area contributed by atoms with E-state index in [1.807, 2.05) is 36.2 Å². The number of anilines is 2. The van der Waals surface area contributed by atoms with Gasteiger partial charge in [-0.1, -0.05) is 12.1 Å². The first kappa shape index (κ1) is 12.6. The molecule has 0 heterocycles. The van der Waals surface area contributed by atoms with E-state index >= 15 is 0 Å². The highest BCUT2D eigenvalue weighted by Gasteiger charge is 2.05. The number of aliphatic hydroxyl groups is 1. The van der Waals surface area contributed by atoms with E-state index in [9.17, 15) is 9.50 Å². The van der Waals surface area contributed by atoms with Crippen molar-refractivity contribution in [2.24, 2.45) is 0 Å². The van der Waals surface area contributed by atoms with Crippen molar-refractivity contribution in [2.75, 3.05) is 11.9 Å². The SMILES string of the molecule is C[C@@H](O)c1ccc(N(C)c2ccc(F)cc2)cc1. The third kappa shape index (κ3) is 2.68. The Hall–Kier alpha value is -1.87. The normalized spacial score (nSPS) is 12.2. The quantitative estimate of drug-likeness (QED) is 0.892. The highest BCUT2D eigenvalue weighted by Crippen LogP contribution is 2.25. The van der Waals surface area contributed by atoms with Gasteiger partial charge in [0.25, 0.3) is 0 Å². The van der Waals surface area contributed by atoms with Gasteiger partial charge in [-0.25, -0.2) is 4.39 Å². The summed E-state index contributed by atoms with van der Waals surface area (Å²) in [6.07, 6.45) is -0.463. The molecule has 3 heteroatoms. The Morgan fingerprint density at radius 3 is 1.83 bits per heavy atom. The van der Waals surface area contributed by atoms with Gasteiger partial charge in [-0.2, -0.15) is 0 Å². The minimum Gasteiger partial charge on any atom is -0.389 e. The first-order chi connectivity index (χ1) is 8.58. The summed E-state index contributed by atoms with van der Waals surface area (Å²) in [5.41, 5.74) is 2.79. The van der Waals surface area contributed by atoms with Gasteiger partial charge in [0.15, 0.2) is 0 Å². The number of nitrogens with zero attached hydrogens (tertiary/aromatic N) is 1. The Bertz CT molecular complexity index is 505. The summed E-state index contributed by atoms with van der Waals surface area (Å²) < 4.78 is 12.8. The van der Waals surface area contributed by atoms with E-state index in [4.69, 9.17) is 0 Å². The van der Waals surface area contributed by atoms with E-state index in [0.29, 0.717) is 0 Å². The standard InChI is InChI=1S/C15H16FNO/c1-11(18)12-3-7-14(8-4-12)17(2)15-9-5-13(16)6-10-15/h3-11,18H,1-2H3/t11-/m1/s1. The summed E-state index contributed by atoms with van der Waals surface area (Å²) in [6.45, 7) is 1.73. The number of hydrogen-bond acceptors (Lipinski definition) is 2. The van der Waals surface area contributed by atoms with Crippen molar-refractivity contribution in [1.29, 1.82) is 0 Å². The molecule has 0 amide bonds. The van der Waals surface area contributed by atoms with Gasteiger partial charge < -0.3 is 10.0 Å². The summed E-state index contributed by atoms with van der Waals surface area (Å²) in [5.74, 6) is -0.239. The summed E-state index contributed by atoms with van der Waals surface area (Å²) in [4.78, 5) is 1.96. The van der Waals surface area contributed by atoms with E-state index in [1.165, 1.54) is 12.1 Å². The molecule has 18 heavy (non-hydrogen) atoms. The summed E-state index contributed by atoms with van der Waals surface area (Å²) in [7, 11) is 1.92. The third-order valence-corrected chi connectivity index (χ3v) is 2.98. The third-order valence-electron chi connectivity index (χ3n) is 2.98. The van der Waals surface area contributed by atoms with Crippen molar-refractivity contribution in [1.82, 2.24) is 0 Å².